The van der Waals surface area contributed by atoms with Crippen molar-refractivity contribution >= 4 is 35.8 Å². The van der Waals surface area contributed by atoms with Crippen molar-refractivity contribution in [1.82, 2.24) is 20.5 Å². The van der Waals surface area contributed by atoms with Crippen LogP contribution >= 0.6 is 24.0 Å². The van der Waals surface area contributed by atoms with Gasteiger partial charge in [0, 0.05) is 58.1 Å². The molecule has 2 aromatic rings. The van der Waals surface area contributed by atoms with Gasteiger partial charge in [0.1, 0.15) is 11.6 Å². The van der Waals surface area contributed by atoms with Gasteiger partial charge in [-0.1, -0.05) is 18.2 Å². The lowest BCUT2D eigenvalue weighted by molar-refractivity contribution is 0.312. The van der Waals surface area contributed by atoms with E-state index in [1.54, 1.807) is 14.2 Å². The molecule has 2 N–H and O–H groups in total. The van der Waals surface area contributed by atoms with Crippen LogP contribution in [0.25, 0.3) is 0 Å². The summed E-state index contributed by atoms with van der Waals surface area (Å²) >= 11 is 0. The molecule has 0 unspecified atom stereocenters. The Balaban J connectivity index is 0.00000300. The molecule has 7 nitrogen and oxygen atoms in total. The SMILES string of the molecule is CN=C(NCc1ccc(OC)cc1)NCc1cccnc1N1CCN(C)CC1.I. The quantitative estimate of drug-likeness (QED) is 0.354. The first-order valence-corrected chi connectivity index (χ1v) is 9.64. The Morgan fingerprint density at radius 2 is 1.76 bits per heavy atom. The number of pyridine rings is 1. The van der Waals surface area contributed by atoms with E-state index >= 15 is 0 Å². The number of methoxy groups -OCH3 is 1. The van der Waals surface area contributed by atoms with E-state index in [0.29, 0.717) is 13.1 Å². The van der Waals surface area contributed by atoms with Crippen molar-refractivity contribution in [3.8, 4) is 5.75 Å². The number of piperazine rings is 1. The molecule has 1 fully saturated rings. The van der Waals surface area contributed by atoms with Crippen LogP contribution in [0.5, 0.6) is 5.75 Å². The van der Waals surface area contributed by atoms with Crippen LogP contribution in [0.15, 0.2) is 47.6 Å². The van der Waals surface area contributed by atoms with Crippen LogP contribution in [0.4, 0.5) is 5.82 Å². The average Bonchev–Trinajstić information content (AvgIpc) is 2.75. The Morgan fingerprint density at radius 1 is 1.07 bits per heavy atom. The lowest BCUT2D eigenvalue weighted by Gasteiger charge is -2.34. The molecule has 0 saturated carbocycles. The van der Waals surface area contributed by atoms with Gasteiger partial charge in [0.25, 0.3) is 0 Å². The van der Waals surface area contributed by atoms with Crippen LogP contribution in [-0.4, -0.2) is 63.2 Å². The Morgan fingerprint density at radius 3 is 2.41 bits per heavy atom. The van der Waals surface area contributed by atoms with Crippen LogP contribution in [-0.2, 0) is 13.1 Å². The summed E-state index contributed by atoms with van der Waals surface area (Å²) in [7, 11) is 5.62. The third kappa shape index (κ3) is 6.74. The van der Waals surface area contributed by atoms with E-state index in [1.165, 1.54) is 11.1 Å². The minimum Gasteiger partial charge on any atom is -0.497 e. The minimum atomic E-state index is 0. The van der Waals surface area contributed by atoms with Crippen LogP contribution in [0.3, 0.4) is 0 Å². The number of benzene rings is 1. The van der Waals surface area contributed by atoms with Crippen molar-refractivity contribution in [3.63, 3.8) is 0 Å². The van der Waals surface area contributed by atoms with Crippen LogP contribution in [0.1, 0.15) is 11.1 Å². The maximum absolute atomic E-state index is 5.20. The van der Waals surface area contributed by atoms with E-state index in [0.717, 1.165) is 43.7 Å². The number of aromatic nitrogens is 1. The summed E-state index contributed by atoms with van der Waals surface area (Å²) in [4.78, 5) is 13.7. The van der Waals surface area contributed by atoms with Gasteiger partial charge >= 0.3 is 0 Å². The predicted molar refractivity (Wildman–Crippen MR) is 129 cm³/mol. The monoisotopic (exact) mass is 510 g/mol. The first-order chi connectivity index (χ1) is 13.7. The molecule has 158 valence electrons. The maximum atomic E-state index is 5.20. The van der Waals surface area contributed by atoms with E-state index in [1.807, 2.05) is 36.5 Å². The number of likely N-dealkylation sites (N-methyl/N-ethyl adjacent to an activating group) is 1. The smallest absolute Gasteiger partial charge is 0.191 e. The summed E-state index contributed by atoms with van der Waals surface area (Å²) in [6, 6.07) is 12.1. The van der Waals surface area contributed by atoms with Gasteiger partial charge in [0.2, 0.25) is 0 Å². The average molecular weight is 510 g/mol. The maximum Gasteiger partial charge on any atom is 0.191 e. The molecular formula is C21H31IN6O. The molecule has 1 saturated heterocycles. The van der Waals surface area contributed by atoms with Gasteiger partial charge in [-0.05, 0) is 30.8 Å². The third-order valence-corrected chi connectivity index (χ3v) is 4.96. The Hall–Kier alpha value is -2.07. The first kappa shape index (κ1) is 23.2. The number of halogens is 1. The van der Waals surface area contributed by atoms with Gasteiger partial charge in [-0.2, -0.15) is 0 Å². The third-order valence-electron chi connectivity index (χ3n) is 4.96. The van der Waals surface area contributed by atoms with Crippen molar-refractivity contribution in [3.05, 3.63) is 53.7 Å². The second-order valence-corrected chi connectivity index (χ2v) is 6.90. The second-order valence-electron chi connectivity index (χ2n) is 6.90. The van der Waals surface area contributed by atoms with E-state index in [4.69, 9.17) is 4.74 Å². The highest BCUT2D eigenvalue weighted by atomic mass is 127. The fraction of sp³-hybridized carbons (Fsp3) is 0.429. The van der Waals surface area contributed by atoms with Crippen molar-refractivity contribution in [1.29, 1.82) is 0 Å². The molecule has 0 aliphatic carbocycles. The van der Waals surface area contributed by atoms with E-state index in [9.17, 15) is 0 Å². The van der Waals surface area contributed by atoms with Crippen molar-refractivity contribution in [2.24, 2.45) is 4.99 Å². The lowest BCUT2D eigenvalue weighted by atomic mass is 10.2. The van der Waals surface area contributed by atoms with Crippen molar-refractivity contribution in [2.75, 3.05) is 52.3 Å². The minimum absolute atomic E-state index is 0. The molecule has 0 radical (unpaired) electrons. The normalized spacial score (nSPS) is 14.9. The molecule has 1 aliphatic heterocycles. The Kier molecular flexibility index (Phi) is 9.46. The fourth-order valence-corrected chi connectivity index (χ4v) is 3.20. The Bertz CT molecular complexity index is 775. The van der Waals surface area contributed by atoms with E-state index in [-0.39, 0.29) is 24.0 Å². The summed E-state index contributed by atoms with van der Waals surface area (Å²) in [5.74, 6) is 2.69. The number of nitrogens with zero attached hydrogens (tertiary/aromatic N) is 4. The van der Waals surface area contributed by atoms with Gasteiger partial charge < -0.3 is 25.2 Å². The Labute approximate surface area is 190 Å². The summed E-state index contributed by atoms with van der Waals surface area (Å²) in [6.45, 7) is 5.51. The molecule has 1 aromatic heterocycles. The van der Waals surface area contributed by atoms with Gasteiger partial charge in [-0.15, -0.1) is 24.0 Å². The van der Waals surface area contributed by atoms with Crippen molar-refractivity contribution < 1.29 is 4.74 Å². The van der Waals surface area contributed by atoms with Gasteiger partial charge in [0.15, 0.2) is 5.96 Å². The summed E-state index contributed by atoms with van der Waals surface area (Å²) in [5.41, 5.74) is 2.35. The molecule has 1 aromatic carbocycles. The van der Waals surface area contributed by atoms with Crippen LogP contribution in [0, 0.1) is 0 Å². The molecule has 1 aliphatic rings. The zero-order valence-corrected chi connectivity index (χ0v) is 19.7. The topological polar surface area (TPSA) is 65.0 Å². The van der Waals surface area contributed by atoms with Gasteiger partial charge in [-0.3, -0.25) is 4.99 Å². The molecule has 8 heteroatoms. The first-order valence-electron chi connectivity index (χ1n) is 9.64. The number of aliphatic imine (C=N–C) groups is 1. The molecule has 29 heavy (non-hydrogen) atoms. The second kappa shape index (κ2) is 11.8. The lowest BCUT2D eigenvalue weighted by Crippen LogP contribution is -2.45. The van der Waals surface area contributed by atoms with Gasteiger partial charge in [0.05, 0.1) is 7.11 Å². The number of rotatable bonds is 6. The number of anilines is 1. The van der Waals surface area contributed by atoms with Crippen LogP contribution in [0.2, 0.25) is 0 Å². The summed E-state index contributed by atoms with van der Waals surface area (Å²) < 4.78 is 5.20. The summed E-state index contributed by atoms with van der Waals surface area (Å²) in [6.07, 6.45) is 1.87. The standard InChI is InChI=1S/C21H30N6O.HI/c1-22-21(24-15-17-6-8-19(28-3)9-7-17)25-16-18-5-4-10-23-20(18)27-13-11-26(2)12-14-27;/h4-10H,11-16H2,1-3H3,(H2,22,24,25);1H. The summed E-state index contributed by atoms with van der Waals surface area (Å²) in [5, 5.41) is 6.76. The molecule has 3 rings (SSSR count). The zero-order chi connectivity index (χ0) is 19.8. The van der Waals surface area contributed by atoms with Gasteiger partial charge in [-0.25, -0.2) is 4.98 Å². The van der Waals surface area contributed by atoms with E-state index in [2.05, 4.69) is 43.5 Å². The molecule has 0 spiro atoms. The predicted octanol–water partition coefficient (Wildman–Crippen LogP) is 2.33. The molecular weight excluding hydrogens is 479 g/mol. The number of nitrogens with one attached hydrogen (secondary N) is 2. The molecule has 0 amide bonds. The number of hydrogen-bond acceptors (Lipinski definition) is 5. The highest BCUT2D eigenvalue weighted by Gasteiger charge is 2.17. The highest BCUT2D eigenvalue weighted by molar-refractivity contribution is 14.0. The van der Waals surface area contributed by atoms with Crippen molar-refractivity contribution in [2.45, 2.75) is 13.1 Å². The molecule has 0 atom stereocenters. The fourth-order valence-electron chi connectivity index (χ4n) is 3.20. The number of guanidine groups is 1. The largest absolute Gasteiger partial charge is 0.497 e. The number of hydrogen-bond donors (Lipinski definition) is 2. The molecule has 0 bridgehead atoms. The number of ether oxygens (including phenoxy) is 1. The molecule has 2 heterocycles. The van der Waals surface area contributed by atoms with Crippen LogP contribution < -0.4 is 20.3 Å². The zero-order valence-electron chi connectivity index (χ0n) is 17.4. The highest BCUT2D eigenvalue weighted by Crippen LogP contribution is 2.18. The van der Waals surface area contributed by atoms with E-state index < -0.39 is 0 Å².